The van der Waals surface area contributed by atoms with Gasteiger partial charge in [0.05, 0.1) is 30.2 Å². The van der Waals surface area contributed by atoms with Crippen LogP contribution in [0.1, 0.15) is 40.2 Å². The van der Waals surface area contributed by atoms with Crippen LogP contribution in [0.25, 0.3) is 10.9 Å². The summed E-state index contributed by atoms with van der Waals surface area (Å²) < 4.78 is 2.07. The van der Waals surface area contributed by atoms with Gasteiger partial charge in [0.15, 0.2) is 0 Å². The lowest BCUT2D eigenvalue weighted by atomic mass is 9.91. The average molecular weight is 470 g/mol. The smallest absolute Gasteiger partial charge is 0.238 e. The first-order chi connectivity index (χ1) is 17.6. The molecule has 4 nitrogen and oxygen atoms in total. The topological polar surface area (TPSA) is 38.1 Å². The Hall–Kier alpha value is -4.18. The number of carbonyl (C=O) groups is 1. The summed E-state index contributed by atoms with van der Waals surface area (Å²) in [4.78, 5) is 16.1. The van der Waals surface area contributed by atoms with Crippen molar-refractivity contribution in [1.29, 1.82) is 0 Å². The highest BCUT2D eigenvalue weighted by molar-refractivity contribution is 6.11. The zero-order valence-electron chi connectivity index (χ0n) is 20.3. The molecule has 4 heteroatoms. The van der Waals surface area contributed by atoms with Crippen molar-refractivity contribution in [2.45, 2.75) is 37.8 Å². The van der Waals surface area contributed by atoms with Crippen molar-refractivity contribution in [3.05, 3.63) is 131 Å². The molecule has 1 unspecified atom stereocenters. The molecule has 0 bridgehead atoms. The van der Waals surface area contributed by atoms with Crippen LogP contribution >= 0.6 is 0 Å². The normalized spacial score (nSPS) is 20.3. The van der Waals surface area contributed by atoms with Gasteiger partial charge in [0.1, 0.15) is 0 Å². The third kappa shape index (κ3) is 3.21. The van der Waals surface area contributed by atoms with Crippen LogP contribution in [-0.4, -0.2) is 15.7 Å². The molecular formula is C32H27N3O. The number of benzene rings is 4. The van der Waals surface area contributed by atoms with Crippen LogP contribution in [0.3, 0.4) is 0 Å². The second-order valence-electron chi connectivity index (χ2n) is 10.2. The number of aromatic nitrogens is 2. The molecule has 0 N–H and O–H groups in total. The van der Waals surface area contributed by atoms with E-state index < -0.39 is 5.41 Å². The van der Waals surface area contributed by atoms with E-state index in [2.05, 4.69) is 89.5 Å². The molecule has 36 heavy (non-hydrogen) atoms. The summed E-state index contributed by atoms with van der Waals surface area (Å²) in [7, 11) is 0. The molecule has 1 saturated carbocycles. The Morgan fingerprint density at radius 1 is 0.861 bits per heavy atom. The fourth-order valence-corrected chi connectivity index (χ4v) is 6.02. The second-order valence-corrected chi connectivity index (χ2v) is 10.2. The van der Waals surface area contributed by atoms with Crippen LogP contribution in [0, 0.1) is 6.92 Å². The molecule has 2 atom stereocenters. The van der Waals surface area contributed by atoms with Crippen LogP contribution < -0.4 is 4.90 Å². The van der Waals surface area contributed by atoms with Crippen LogP contribution in [0.2, 0.25) is 0 Å². The van der Waals surface area contributed by atoms with E-state index in [4.69, 9.17) is 0 Å². The summed E-state index contributed by atoms with van der Waals surface area (Å²) in [6.07, 6.45) is 2.79. The molecule has 1 aliphatic heterocycles. The van der Waals surface area contributed by atoms with E-state index in [1.54, 1.807) is 0 Å². The molecule has 1 spiro atoms. The van der Waals surface area contributed by atoms with Gasteiger partial charge in [-0.2, -0.15) is 5.10 Å². The monoisotopic (exact) mass is 469 g/mol. The molecule has 1 amide bonds. The Balaban J connectivity index is 1.26. The van der Waals surface area contributed by atoms with Gasteiger partial charge in [-0.15, -0.1) is 0 Å². The van der Waals surface area contributed by atoms with E-state index in [0.717, 1.165) is 35.1 Å². The highest BCUT2D eigenvalue weighted by Crippen LogP contribution is 2.66. The standard InChI is InChI=1S/C32H27N3O/c1-22-12-15-29-27(16-22)32(31(36)34(29)20-23-8-4-2-5-9-23)18-28(32)25-13-14-26-19-33-35(30(26)17-25)21-24-10-6-3-7-11-24/h2-17,19,28H,18,20-21H2,1H3/t28?,32-/m0/s1. The van der Waals surface area contributed by atoms with Crippen molar-refractivity contribution < 1.29 is 4.79 Å². The number of rotatable bonds is 5. The first-order valence-electron chi connectivity index (χ1n) is 12.6. The van der Waals surface area contributed by atoms with Gasteiger partial charge in [-0.1, -0.05) is 90.5 Å². The van der Waals surface area contributed by atoms with E-state index >= 15 is 0 Å². The maximum absolute atomic E-state index is 14.1. The van der Waals surface area contributed by atoms with Gasteiger partial charge in [0.2, 0.25) is 5.91 Å². The molecule has 0 radical (unpaired) electrons. The van der Waals surface area contributed by atoms with Gasteiger partial charge in [-0.3, -0.25) is 9.48 Å². The Labute approximate surface area is 210 Å². The molecule has 0 saturated heterocycles. The van der Waals surface area contributed by atoms with Gasteiger partial charge < -0.3 is 4.90 Å². The average Bonchev–Trinajstić information content (AvgIpc) is 3.49. The van der Waals surface area contributed by atoms with Crippen LogP contribution in [0.5, 0.6) is 0 Å². The maximum Gasteiger partial charge on any atom is 0.238 e. The predicted molar refractivity (Wildman–Crippen MR) is 143 cm³/mol. The van der Waals surface area contributed by atoms with Crippen molar-refractivity contribution >= 4 is 22.5 Å². The number of amides is 1. The SMILES string of the molecule is Cc1ccc2c(c1)[C@]1(CC1c1ccc3cnn(Cc4ccccc4)c3c1)C(=O)N2Cc1ccccc1. The Morgan fingerprint density at radius 3 is 2.33 bits per heavy atom. The summed E-state index contributed by atoms with van der Waals surface area (Å²) in [5.41, 5.74) is 7.70. The van der Waals surface area contributed by atoms with Crippen molar-refractivity contribution in [1.82, 2.24) is 9.78 Å². The van der Waals surface area contributed by atoms with Gasteiger partial charge in [-0.25, -0.2) is 0 Å². The molecule has 5 aromatic rings. The van der Waals surface area contributed by atoms with Crippen molar-refractivity contribution in [3.63, 3.8) is 0 Å². The fraction of sp³-hybridized carbons (Fsp3) is 0.188. The minimum absolute atomic E-state index is 0.177. The van der Waals surface area contributed by atoms with E-state index in [0.29, 0.717) is 6.54 Å². The van der Waals surface area contributed by atoms with E-state index in [9.17, 15) is 4.79 Å². The Bertz CT molecular complexity index is 1610. The van der Waals surface area contributed by atoms with Crippen LogP contribution in [0.4, 0.5) is 5.69 Å². The Morgan fingerprint density at radius 2 is 1.58 bits per heavy atom. The lowest BCUT2D eigenvalue weighted by Crippen LogP contribution is -2.32. The lowest BCUT2D eigenvalue weighted by Gasteiger charge is -2.18. The zero-order valence-corrected chi connectivity index (χ0v) is 20.3. The van der Waals surface area contributed by atoms with Crippen molar-refractivity contribution in [3.8, 4) is 0 Å². The molecular weight excluding hydrogens is 442 g/mol. The number of nitrogens with zero attached hydrogens (tertiary/aromatic N) is 3. The maximum atomic E-state index is 14.1. The summed E-state index contributed by atoms with van der Waals surface area (Å²) in [5, 5.41) is 5.79. The highest BCUT2D eigenvalue weighted by atomic mass is 16.2. The number of anilines is 1. The molecule has 2 aliphatic rings. The first kappa shape index (κ1) is 21.1. The number of hydrogen-bond donors (Lipinski definition) is 0. The Kier molecular flexibility index (Phi) is 4.65. The second kappa shape index (κ2) is 7.92. The summed E-state index contributed by atoms with van der Waals surface area (Å²) in [5.74, 6) is 0.408. The number of carbonyl (C=O) groups excluding carboxylic acids is 1. The third-order valence-corrected chi connectivity index (χ3v) is 7.94. The van der Waals surface area contributed by atoms with Crippen LogP contribution in [0.15, 0.2) is 103 Å². The van der Waals surface area contributed by atoms with Gasteiger partial charge in [-0.05, 0) is 47.7 Å². The third-order valence-electron chi connectivity index (χ3n) is 7.94. The minimum Gasteiger partial charge on any atom is -0.307 e. The number of hydrogen-bond acceptors (Lipinski definition) is 2. The van der Waals surface area contributed by atoms with E-state index in [1.165, 1.54) is 22.3 Å². The molecule has 1 fully saturated rings. The molecule has 2 heterocycles. The summed E-state index contributed by atoms with van der Waals surface area (Å²) in [6.45, 7) is 3.45. The number of aryl methyl sites for hydroxylation is 1. The fourth-order valence-electron chi connectivity index (χ4n) is 6.02. The summed E-state index contributed by atoms with van der Waals surface area (Å²) >= 11 is 0. The largest absolute Gasteiger partial charge is 0.307 e. The van der Waals surface area contributed by atoms with Gasteiger partial charge in [0.25, 0.3) is 0 Å². The zero-order chi connectivity index (χ0) is 24.3. The molecule has 176 valence electrons. The van der Waals surface area contributed by atoms with E-state index in [1.807, 2.05) is 35.4 Å². The van der Waals surface area contributed by atoms with Crippen molar-refractivity contribution in [2.75, 3.05) is 4.90 Å². The van der Waals surface area contributed by atoms with E-state index in [-0.39, 0.29) is 11.8 Å². The minimum atomic E-state index is -0.464. The molecule has 4 aromatic carbocycles. The lowest BCUT2D eigenvalue weighted by molar-refractivity contribution is -0.120. The highest BCUT2D eigenvalue weighted by Gasteiger charge is 2.67. The quantitative estimate of drug-likeness (QED) is 0.300. The summed E-state index contributed by atoms with van der Waals surface area (Å²) in [6, 6.07) is 33.8. The van der Waals surface area contributed by atoms with Crippen molar-refractivity contribution in [2.24, 2.45) is 0 Å². The predicted octanol–water partition coefficient (Wildman–Crippen LogP) is 6.37. The first-order valence-corrected chi connectivity index (χ1v) is 12.6. The van der Waals surface area contributed by atoms with Crippen LogP contribution in [-0.2, 0) is 23.3 Å². The molecule has 1 aliphatic carbocycles. The number of fused-ring (bicyclic) bond motifs is 3. The molecule has 1 aromatic heterocycles. The van der Waals surface area contributed by atoms with Gasteiger partial charge >= 0.3 is 0 Å². The molecule has 7 rings (SSSR count). The van der Waals surface area contributed by atoms with Gasteiger partial charge in [0, 0.05) is 17.0 Å².